The maximum Gasteiger partial charge on any atom is 0.382 e. The monoisotopic (exact) mass is 313 g/mol. The molecule has 118 valence electrons. The summed E-state index contributed by atoms with van der Waals surface area (Å²) in [6.07, 6.45) is 1.57. The van der Waals surface area contributed by atoms with Crippen LogP contribution < -0.4 is 0 Å². The average molecular weight is 313 g/mol. The molecule has 0 spiro atoms. The summed E-state index contributed by atoms with van der Waals surface area (Å²) in [5, 5.41) is 4.54. The molecule has 0 fully saturated rings. The number of hydrogen-bond acceptors (Lipinski definition) is 5. The van der Waals surface area contributed by atoms with Crippen molar-refractivity contribution in [2.75, 3.05) is 0 Å². The minimum Gasteiger partial charge on any atom is -0.323 e. The summed E-state index contributed by atoms with van der Waals surface area (Å²) in [6.45, 7) is 3.83. The second-order valence-electron chi connectivity index (χ2n) is 5.56. The first kappa shape index (κ1) is 15.0. The van der Waals surface area contributed by atoms with Gasteiger partial charge in [0.15, 0.2) is 5.69 Å². The quantitative estimate of drug-likeness (QED) is 0.809. The number of carbonyl (C=O) groups is 3. The number of benzene rings is 1. The Labute approximate surface area is 132 Å². The molecule has 1 aliphatic heterocycles. The van der Waals surface area contributed by atoms with Crippen LogP contribution in [0.1, 0.15) is 56.5 Å². The number of carbonyl (C=O) groups excluding carboxylic acids is 3. The number of aromatic nitrogens is 2. The molecular weight excluding hydrogens is 298 g/mol. The number of hydrogen-bond donors (Lipinski definition) is 0. The van der Waals surface area contributed by atoms with Crippen LogP contribution in [0.4, 0.5) is 0 Å². The van der Waals surface area contributed by atoms with Crippen LogP contribution in [0.3, 0.4) is 0 Å². The smallest absolute Gasteiger partial charge is 0.323 e. The fraction of sp³-hybridized carbons (Fsp3) is 0.250. The Morgan fingerprint density at radius 1 is 1.13 bits per heavy atom. The largest absolute Gasteiger partial charge is 0.382 e. The molecule has 7 nitrogen and oxygen atoms in total. The summed E-state index contributed by atoms with van der Waals surface area (Å²) in [6, 6.07) is 6.33. The zero-order valence-electron chi connectivity index (χ0n) is 12.9. The highest BCUT2D eigenvalue weighted by Gasteiger charge is 2.39. The van der Waals surface area contributed by atoms with Gasteiger partial charge in [-0.2, -0.15) is 5.10 Å². The van der Waals surface area contributed by atoms with Crippen molar-refractivity contribution in [3.8, 4) is 0 Å². The summed E-state index contributed by atoms with van der Waals surface area (Å²) < 4.78 is 1.37. The Morgan fingerprint density at radius 2 is 1.70 bits per heavy atom. The van der Waals surface area contributed by atoms with Gasteiger partial charge in [-0.3, -0.25) is 14.3 Å². The van der Waals surface area contributed by atoms with Crippen LogP contribution in [-0.4, -0.2) is 32.6 Å². The van der Waals surface area contributed by atoms with Gasteiger partial charge in [-0.05, 0) is 18.1 Å². The minimum atomic E-state index is -0.789. The molecule has 1 aromatic heterocycles. The highest BCUT2D eigenvalue weighted by Crippen LogP contribution is 2.25. The molecule has 0 bridgehead atoms. The molecule has 0 N–H and O–H groups in total. The second kappa shape index (κ2) is 5.35. The molecular formula is C16H15N3O4. The lowest BCUT2D eigenvalue weighted by molar-refractivity contribution is -0.0592. The van der Waals surface area contributed by atoms with E-state index in [1.54, 1.807) is 25.4 Å². The third-order valence-corrected chi connectivity index (χ3v) is 3.71. The lowest BCUT2D eigenvalue weighted by atomic mass is 10.0. The van der Waals surface area contributed by atoms with E-state index < -0.39 is 17.8 Å². The van der Waals surface area contributed by atoms with Crippen LogP contribution in [0.5, 0.6) is 0 Å². The third-order valence-electron chi connectivity index (χ3n) is 3.71. The van der Waals surface area contributed by atoms with E-state index in [9.17, 15) is 14.4 Å². The number of hydroxylamine groups is 2. The van der Waals surface area contributed by atoms with Crippen molar-refractivity contribution in [2.45, 2.75) is 19.8 Å². The molecule has 0 saturated heterocycles. The van der Waals surface area contributed by atoms with Crippen LogP contribution in [0.15, 0.2) is 30.5 Å². The molecule has 0 atom stereocenters. The molecule has 0 radical (unpaired) electrons. The first-order valence-electron chi connectivity index (χ1n) is 7.13. The van der Waals surface area contributed by atoms with Crippen molar-refractivity contribution in [1.29, 1.82) is 0 Å². The maximum absolute atomic E-state index is 12.4. The van der Waals surface area contributed by atoms with Gasteiger partial charge in [-0.15, -0.1) is 0 Å². The molecule has 0 saturated carbocycles. The topological polar surface area (TPSA) is 81.5 Å². The fourth-order valence-electron chi connectivity index (χ4n) is 2.50. The Morgan fingerprint density at radius 3 is 2.22 bits per heavy atom. The SMILES string of the molecule is CC(C)c1cnn(C)c1C(=O)ON1C(=O)c2ccccc2C1=O. The predicted octanol–water partition coefficient (Wildman–Crippen LogP) is 1.91. The number of rotatable bonds is 3. The first-order chi connectivity index (χ1) is 10.9. The zero-order chi connectivity index (χ0) is 16.7. The summed E-state index contributed by atoms with van der Waals surface area (Å²) in [4.78, 5) is 41.9. The third kappa shape index (κ3) is 2.30. The highest BCUT2D eigenvalue weighted by atomic mass is 16.7. The Hall–Kier alpha value is -2.96. The summed E-state index contributed by atoms with van der Waals surface area (Å²) in [7, 11) is 1.60. The molecule has 2 aromatic rings. The van der Waals surface area contributed by atoms with Gasteiger partial charge in [-0.1, -0.05) is 31.0 Å². The molecule has 23 heavy (non-hydrogen) atoms. The molecule has 7 heteroatoms. The summed E-state index contributed by atoms with van der Waals surface area (Å²) in [5.74, 6) is -2.03. The summed E-state index contributed by atoms with van der Waals surface area (Å²) in [5.41, 5.74) is 1.35. The Kier molecular flexibility index (Phi) is 3.48. The number of aryl methyl sites for hydroxylation is 1. The molecule has 0 aliphatic carbocycles. The number of imide groups is 1. The maximum atomic E-state index is 12.4. The number of fused-ring (bicyclic) bond motifs is 1. The van der Waals surface area contributed by atoms with Crippen molar-refractivity contribution < 1.29 is 19.2 Å². The van der Waals surface area contributed by atoms with Crippen LogP contribution in [0, 0.1) is 0 Å². The van der Waals surface area contributed by atoms with E-state index in [4.69, 9.17) is 4.84 Å². The molecule has 2 heterocycles. The van der Waals surface area contributed by atoms with Gasteiger partial charge in [0.1, 0.15) is 0 Å². The van der Waals surface area contributed by atoms with Crippen molar-refractivity contribution in [2.24, 2.45) is 7.05 Å². The van der Waals surface area contributed by atoms with E-state index in [2.05, 4.69) is 5.10 Å². The number of nitrogens with zero attached hydrogens (tertiary/aromatic N) is 3. The van der Waals surface area contributed by atoms with Crippen molar-refractivity contribution >= 4 is 17.8 Å². The van der Waals surface area contributed by atoms with Gasteiger partial charge in [-0.25, -0.2) is 4.79 Å². The van der Waals surface area contributed by atoms with E-state index >= 15 is 0 Å². The Balaban J connectivity index is 1.90. The van der Waals surface area contributed by atoms with Crippen LogP contribution >= 0.6 is 0 Å². The average Bonchev–Trinajstić information content (AvgIpc) is 3.02. The van der Waals surface area contributed by atoms with E-state index in [1.165, 1.54) is 16.8 Å². The fourth-order valence-corrected chi connectivity index (χ4v) is 2.50. The van der Waals surface area contributed by atoms with Crippen molar-refractivity contribution in [1.82, 2.24) is 14.8 Å². The van der Waals surface area contributed by atoms with Gasteiger partial charge < -0.3 is 4.84 Å². The molecule has 2 amide bonds. The van der Waals surface area contributed by atoms with Gasteiger partial charge >= 0.3 is 5.97 Å². The second-order valence-corrected chi connectivity index (χ2v) is 5.56. The first-order valence-corrected chi connectivity index (χ1v) is 7.13. The van der Waals surface area contributed by atoms with Gasteiger partial charge in [0.05, 0.1) is 17.3 Å². The van der Waals surface area contributed by atoms with Crippen LogP contribution in [-0.2, 0) is 11.9 Å². The van der Waals surface area contributed by atoms with E-state index in [0.717, 1.165) is 0 Å². The lowest BCUT2D eigenvalue weighted by Crippen LogP contribution is -2.33. The van der Waals surface area contributed by atoms with Crippen molar-refractivity contribution in [3.63, 3.8) is 0 Å². The zero-order valence-corrected chi connectivity index (χ0v) is 12.9. The highest BCUT2D eigenvalue weighted by molar-refractivity contribution is 6.21. The molecule has 1 aliphatic rings. The molecule has 3 rings (SSSR count). The Bertz CT molecular complexity index is 787. The van der Waals surface area contributed by atoms with Crippen LogP contribution in [0.2, 0.25) is 0 Å². The van der Waals surface area contributed by atoms with E-state index in [-0.39, 0.29) is 22.7 Å². The standard InChI is InChI=1S/C16H15N3O4/c1-9(2)12-8-17-18(3)13(12)16(22)23-19-14(20)10-6-4-5-7-11(10)15(19)21/h4-9H,1-3H3. The number of amides is 2. The normalized spacial score (nSPS) is 13.7. The van der Waals surface area contributed by atoms with Gasteiger partial charge in [0.25, 0.3) is 11.8 Å². The van der Waals surface area contributed by atoms with Gasteiger partial charge in [0.2, 0.25) is 0 Å². The van der Waals surface area contributed by atoms with Crippen molar-refractivity contribution in [3.05, 3.63) is 52.8 Å². The molecule has 0 unspecified atom stereocenters. The molecule has 1 aromatic carbocycles. The van der Waals surface area contributed by atoms with Crippen LogP contribution in [0.25, 0.3) is 0 Å². The summed E-state index contributed by atoms with van der Waals surface area (Å²) >= 11 is 0. The lowest BCUT2D eigenvalue weighted by Gasteiger charge is -2.14. The van der Waals surface area contributed by atoms with E-state index in [1.807, 2.05) is 13.8 Å². The minimum absolute atomic E-state index is 0.0495. The van der Waals surface area contributed by atoms with E-state index in [0.29, 0.717) is 10.6 Å². The predicted molar refractivity (Wildman–Crippen MR) is 79.7 cm³/mol. The van der Waals surface area contributed by atoms with Gasteiger partial charge in [0, 0.05) is 12.6 Å².